The van der Waals surface area contributed by atoms with Crippen molar-refractivity contribution in [2.24, 2.45) is 0 Å². The van der Waals surface area contributed by atoms with Gasteiger partial charge in [0.2, 0.25) is 5.99 Å². The molecule has 4 heterocycles. The highest BCUT2D eigenvalue weighted by Gasteiger charge is 2.76. The molecule has 0 radical (unpaired) electrons. The van der Waals surface area contributed by atoms with Gasteiger partial charge in [0.15, 0.2) is 0 Å². The average Bonchev–Trinajstić information content (AvgIpc) is 2.43. The molecule has 0 saturated carbocycles. The van der Waals surface area contributed by atoms with E-state index >= 15 is 0 Å². The summed E-state index contributed by atoms with van der Waals surface area (Å²) in [7, 11) is 0. The maximum Gasteiger partial charge on any atom is 0.217 e. The lowest BCUT2D eigenvalue weighted by Crippen LogP contribution is -1.90. The van der Waals surface area contributed by atoms with Gasteiger partial charge in [-0.15, -0.1) is 0 Å². The molecule has 2 aliphatic rings. The zero-order valence-electron chi connectivity index (χ0n) is 5.19. The van der Waals surface area contributed by atoms with Crippen molar-refractivity contribution in [3.8, 4) is 0 Å². The van der Waals surface area contributed by atoms with Gasteiger partial charge in [0.25, 0.3) is 0 Å². The summed E-state index contributed by atoms with van der Waals surface area (Å²) in [5, 5.41) is 0. The van der Waals surface area contributed by atoms with E-state index in [9.17, 15) is 0 Å². The van der Waals surface area contributed by atoms with Gasteiger partial charge < -0.3 is 0 Å². The molecule has 50 valence electrons. The molecule has 9 heavy (non-hydrogen) atoms. The highest BCUT2D eigenvalue weighted by molar-refractivity contribution is 9.44. The molecule has 6 heteroatoms. The van der Waals surface area contributed by atoms with Gasteiger partial charge in [-0.25, -0.2) is 0 Å². The van der Waals surface area contributed by atoms with Gasteiger partial charge in [-0.3, -0.25) is 0 Å². The van der Waals surface area contributed by atoms with E-state index in [4.69, 9.17) is 11.2 Å². The monoisotopic (exact) mass is 233 g/mol. The Balaban J connectivity index is 2.07. The van der Waals surface area contributed by atoms with E-state index in [1.807, 2.05) is 0 Å². The predicted molar refractivity (Wildman–Crippen MR) is 55.6 cm³/mol. The summed E-state index contributed by atoms with van der Waals surface area (Å²) in [6.45, 7) is 6.03. The van der Waals surface area contributed by atoms with Crippen LogP contribution < -0.4 is 0 Å². The van der Waals surface area contributed by atoms with Crippen LogP contribution in [0.4, 0.5) is 0 Å². The first-order valence-electron chi connectivity index (χ1n) is 2.98. The van der Waals surface area contributed by atoms with Crippen LogP contribution in [0.5, 0.6) is 0 Å². The maximum atomic E-state index is 6.56. The van der Waals surface area contributed by atoms with Crippen molar-refractivity contribution in [2.75, 3.05) is 0 Å². The summed E-state index contributed by atoms with van der Waals surface area (Å²) in [6.07, 6.45) is 1.65. The third kappa shape index (κ3) is 0.482. The Morgan fingerprint density at radius 1 is 1.22 bits per heavy atom. The van der Waals surface area contributed by atoms with Crippen molar-refractivity contribution < 1.29 is 0 Å². The lowest BCUT2D eigenvalue weighted by molar-refractivity contribution is 1.11. The Labute approximate surface area is 62.8 Å². The minimum absolute atomic E-state index is 0.612. The first-order chi connectivity index (χ1) is 4.19. The van der Waals surface area contributed by atoms with Crippen molar-refractivity contribution in [1.82, 2.24) is 0 Å². The summed E-state index contributed by atoms with van der Waals surface area (Å²) in [6, 6.07) is 0. The Morgan fingerprint density at radius 2 is 1.67 bits per heavy atom. The van der Waals surface area contributed by atoms with Crippen molar-refractivity contribution in [1.29, 1.82) is 0 Å². The minimum atomic E-state index is -0.612. The molecule has 0 nitrogen and oxygen atoms in total. The van der Waals surface area contributed by atoms with Crippen LogP contribution in [-0.4, -0.2) is 5.66 Å². The molecule has 0 aromatic carbocycles. The van der Waals surface area contributed by atoms with Gasteiger partial charge in [-0.1, -0.05) is 0 Å². The predicted octanol–water partition coefficient (Wildman–Crippen LogP) is 5.94. The molecule has 0 aliphatic carbocycles. The standard InChI is InChI=1S/C3H7ClP5/c1-3(2)9(4)7-5-6(7)8(5)9/h3H,1-2H3/q+1. The lowest BCUT2D eigenvalue weighted by Gasteiger charge is -2.23. The van der Waals surface area contributed by atoms with Gasteiger partial charge in [0, 0.05) is 0 Å². The van der Waals surface area contributed by atoms with Crippen molar-refractivity contribution in [2.45, 2.75) is 19.5 Å². The van der Waals surface area contributed by atoms with Crippen molar-refractivity contribution in [3.05, 3.63) is 0 Å². The van der Waals surface area contributed by atoms with Crippen LogP contribution in [0.25, 0.3) is 0 Å². The van der Waals surface area contributed by atoms with Crippen molar-refractivity contribution >= 4 is 43.1 Å². The summed E-state index contributed by atoms with van der Waals surface area (Å²) in [5.74, 6) is -0.612. The van der Waals surface area contributed by atoms with E-state index in [1.54, 1.807) is 0 Å². The largest absolute Gasteiger partial charge is 0.217 e. The molecule has 2 bridgehead atoms. The molecule has 2 aromatic heterocycles. The van der Waals surface area contributed by atoms with Gasteiger partial charge >= 0.3 is 0 Å². The summed E-state index contributed by atoms with van der Waals surface area (Å²) < 4.78 is 0. The van der Waals surface area contributed by atoms with E-state index in [-0.39, 0.29) is 0 Å². The molecule has 0 atom stereocenters. The molecule has 0 amide bonds. The Morgan fingerprint density at radius 3 is 1.78 bits per heavy atom. The molecule has 2 aliphatic heterocycles. The molecular formula is C3H7ClP5+. The van der Waals surface area contributed by atoms with Crippen LogP contribution in [0.15, 0.2) is 0 Å². The molecular weight excluding hydrogens is 226 g/mol. The Kier molecular flexibility index (Phi) is 1.07. The highest BCUT2D eigenvalue weighted by atomic mass is 35.7. The quantitative estimate of drug-likeness (QED) is 0.535. The molecule has 4 rings (SSSR count). The van der Waals surface area contributed by atoms with E-state index in [0.29, 0.717) is 13.2 Å². The van der Waals surface area contributed by atoms with E-state index in [1.165, 1.54) is 0 Å². The van der Waals surface area contributed by atoms with Crippen LogP contribution >= 0.6 is 43.1 Å². The normalized spacial score (nSPS) is 41.3. The van der Waals surface area contributed by atoms with Crippen LogP contribution in [0.1, 0.15) is 13.8 Å². The minimum Gasteiger partial charge on any atom is -0.0259 e. The number of hydrogen-bond donors (Lipinski definition) is 0. The Hall–Kier alpha value is 1.92. The molecule has 0 saturated heterocycles. The molecule has 0 fully saturated rings. The van der Waals surface area contributed by atoms with Crippen LogP contribution in [0, 0.1) is 0 Å². The highest BCUT2D eigenvalue weighted by Crippen LogP contribution is 3.44. The SMILES string of the molecule is CC(C)[P+]1(Cl)p2p3p1p23. The third-order valence-electron chi connectivity index (χ3n) is 1.90. The van der Waals surface area contributed by atoms with E-state index in [2.05, 4.69) is 13.8 Å². The van der Waals surface area contributed by atoms with Gasteiger partial charge in [0.1, 0.15) is 24.4 Å². The van der Waals surface area contributed by atoms with Gasteiger partial charge in [0.05, 0.1) is 18.4 Å². The molecule has 2 aromatic rings. The van der Waals surface area contributed by atoms with Crippen molar-refractivity contribution in [3.63, 3.8) is 0 Å². The zero-order valence-corrected chi connectivity index (χ0v) is 10.4. The van der Waals surface area contributed by atoms with Crippen LogP contribution in [0.2, 0.25) is 0 Å². The lowest BCUT2D eigenvalue weighted by atomic mass is 10.6. The first kappa shape index (κ1) is 6.44. The smallest absolute Gasteiger partial charge is 0.0259 e. The second-order valence-corrected chi connectivity index (χ2v) is 40.6. The fourth-order valence-electron chi connectivity index (χ4n) is 1.20. The number of rotatable bonds is 1. The topological polar surface area (TPSA) is 0 Å². The van der Waals surface area contributed by atoms with E-state index in [0.717, 1.165) is 18.4 Å². The zero-order chi connectivity index (χ0) is 6.39. The molecule has 0 N–H and O–H groups in total. The fourth-order valence-corrected chi connectivity index (χ4v) is 152. The fraction of sp³-hybridized carbons (Fsp3) is 1.00. The van der Waals surface area contributed by atoms with E-state index < -0.39 is 5.99 Å². The third-order valence-corrected chi connectivity index (χ3v) is 85.6. The van der Waals surface area contributed by atoms with Crippen LogP contribution in [-0.2, 0) is 0 Å². The second kappa shape index (κ2) is 1.50. The summed E-state index contributed by atoms with van der Waals surface area (Å²) >= 11 is 6.56. The van der Waals surface area contributed by atoms with Crippen LogP contribution in [0.3, 0.4) is 0 Å². The molecule has 0 spiro atoms. The number of hydrogen-bond acceptors (Lipinski definition) is 0. The second-order valence-electron chi connectivity index (χ2n) is 2.74. The summed E-state index contributed by atoms with van der Waals surface area (Å²) in [4.78, 5) is 0. The average molecular weight is 233 g/mol. The summed E-state index contributed by atoms with van der Waals surface area (Å²) in [5.41, 5.74) is 0.913. The van der Waals surface area contributed by atoms with Gasteiger partial charge in [-0.2, -0.15) is 0 Å². The Bertz CT molecular complexity index is 300. The first-order valence-corrected chi connectivity index (χ1v) is 16.1. The van der Waals surface area contributed by atoms with Gasteiger partial charge in [-0.05, 0) is 13.8 Å². The number of halogens is 1. The maximum absolute atomic E-state index is 6.56. The molecule has 0 unspecified atom stereocenters.